The molecule has 2 aliphatic heterocycles. The summed E-state index contributed by atoms with van der Waals surface area (Å²) < 4.78 is 5.00. The third-order valence-electron chi connectivity index (χ3n) is 5.61. The molecule has 0 unspecified atom stereocenters. The van der Waals surface area contributed by atoms with Crippen molar-refractivity contribution in [3.8, 4) is 12.3 Å². The number of hydrogen-bond acceptors (Lipinski definition) is 5. The maximum absolute atomic E-state index is 12.9. The van der Waals surface area contributed by atoms with Crippen molar-refractivity contribution >= 4 is 17.8 Å². The number of carbonyl (C=O) groups excluding carboxylic acids is 3. The Morgan fingerprint density at radius 2 is 1.92 bits per heavy atom. The predicted molar refractivity (Wildman–Crippen MR) is 94.7 cm³/mol. The summed E-state index contributed by atoms with van der Waals surface area (Å²) in [7, 11) is 1.30. The third kappa shape index (κ3) is 2.35. The summed E-state index contributed by atoms with van der Waals surface area (Å²) >= 11 is 0. The molecule has 0 aliphatic carbocycles. The van der Waals surface area contributed by atoms with Crippen molar-refractivity contribution in [2.75, 3.05) is 13.7 Å². The number of nitrogens with one attached hydrogen (secondary N) is 1. The Morgan fingerprint density at radius 3 is 2.42 bits per heavy atom. The van der Waals surface area contributed by atoms with Gasteiger partial charge in [-0.15, -0.1) is 6.42 Å². The van der Waals surface area contributed by atoms with E-state index in [-0.39, 0.29) is 18.4 Å². The van der Waals surface area contributed by atoms with Crippen LogP contribution in [0.3, 0.4) is 0 Å². The Morgan fingerprint density at radius 1 is 1.27 bits per heavy atom. The molecule has 2 amide bonds. The van der Waals surface area contributed by atoms with E-state index in [1.165, 1.54) is 12.0 Å². The van der Waals surface area contributed by atoms with E-state index in [1.54, 1.807) is 19.1 Å². The standard InChI is InChI=1S/C20H22N2O4/c1-5-12-8-10-13(11-9-12)16-14-15(18(24)22(7-3)17(14)23)20(6-2,21-16)19(25)26-4/h1,8-11,14-16,21H,6-7H2,2-4H3/t14-,15-,16-,20-/m0/s1. The van der Waals surface area contributed by atoms with Gasteiger partial charge in [-0.05, 0) is 31.0 Å². The van der Waals surface area contributed by atoms with Crippen LogP contribution in [0.4, 0.5) is 0 Å². The smallest absolute Gasteiger partial charge is 0.326 e. The van der Waals surface area contributed by atoms with E-state index in [9.17, 15) is 14.4 Å². The quantitative estimate of drug-likeness (QED) is 0.500. The summed E-state index contributed by atoms with van der Waals surface area (Å²) in [5.74, 6) is 0.0587. The predicted octanol–water partition coefficient (Wildman–Crippen LogP) is 1.26. The summed E-state index contributed by atoms with van der Waals surface area (Å²) in [4.78, 5) is 39.7. The lowest BCUT2D eigenvalue weighted by molar-refractivity contribution is -0.154. The van der Waals surface area contributed by atoms with E-state index in [4.69, 9.17) is 11.2 Å². The van der Waals surface area contributed by atoms with Crippen LogP contribution in [0.25, 0.3) is 0 Å². The Bertz CT molecular complexity index is 795. The van der Waals surface area contributed by atoms with Crippen LogP contribution >= 0.6 is 0 Å². The third-order valence-corrected chi connectivity index (χ3v) is 5.61. The number of rotatable bonds is 4. The molecule has 136 valence electrons. The number of ether oxygens (including phenoxy) is 1. The number of amides is 2. The molecule has 0 radical (unpaired) electrons. The first kappa shape index (κ1) is 18.2. The van der Waals surface area contributed by atoms with Gasteiger partial charge in [0.05, 0.1) is 18.9 Å². The topological polar surface area (TPSA) is 75.7 Å². The zero-order chi connectivity index (χ0) is 19.1. The molecule has 0 saturated carbocycles. The molecule has 0 spiro atoms. The van der Waals surface area contributed by atoms with Gasteiger partial charge in [0.25, 0.3) is 0 Å². The fourth-order valence-electron chi connectivity index (χ4n) is 4.29. The lowest BCUT2D eigenvalue weighted by atomic mass is 9.78. The first-order valence-electron chi connectivity index (χ1n) is 8.73. The molecule has 2 saturated heterocycles. The zero-order valence-electron chi connectivity index (χ0n) is 15.1. The van der Waals surface area contributed by atoms with Crippen LogP contribution in [-0.2, 0) is 19.1 Å². The number of fused-ring (bicyclic) bond motifs is 1. The van der Waals surface area contributed by atoms with E-state index >= 15 is 0 Å². The number of carbonyl (C=O) groups is 3. The fourth-order valence-corrected chi connectivity index (χ4v) is 4.29. The van der Waals surface area contributed by atoms with Crippen LogP contribution in [0.2, 0.25) is 0 Å². The molecule has 2 heterocycles. The van der Waals surface area contributed by atoms with Crippen LogP contribution in [0.15, 0.2) is 24.3 Å². The molecule has 1 N–H and O–H groups in total. The van der Waals surface area contributed by atoms with Gasteiger partial charge in [0, 0.05) is 18.2 Å². The minimum absolute atomic E-state index is 0.250. The summed E-state index contributed by atoms with van der Waals surface area (Å²) in [5.41, 5.74) is 0.324. The van der Waals surface area contributed by atoms with E-state index in [1.807, 2.05) is 19.1 Å². The van der Waals surface area contributed by atoms with Crippen LogP contribution in [-0.4, -0.2) is 41.9 Å². The van der Waals surface area contributed by atoms with Crippen molar-refractivity contribution in [3.05, 3.63) is 35.4 Å². The highest BCUT2D eigenvalue weighted by Gasteiger charge is 2.67. The summed E-state index contributed by atoms with van der Waals surface area (Å²) in [5, 5.41) is 3.27. The molecule has 1 aromatic carbocycles. The van der Waals surface area contributed by atoms with E-state index in [0.717, 1.165) is 11.1 Å². The van der Waals surface area contributed by atoms with E-state index < -0.39 is 29.4 Å². The SMILES string of the molecule is C#Cc1ccc([C@@H]2N[C@](CC)(C(=O)OC)[C@@H]3C(=O)N(CC)C(=O)[C@@H]32)cc1. The Kier molecular flexibility index (Phi) is 4.59. The number of hydrogen-bond donors (Lipinski definition) is 1. The van der Waals surface area contributed by atoms with Crippen molar-refractivity contribution in [1.29, 1.82) is 0 Å². The van der Waals surface area contributed by atoms with Gasteiger partial charge in [-0.25, -0.2) is 0 Å². The molecule has 1 aromatic rings. The van der Waals surface area contributed by atoms with E-state index in [2.05, 4.69) is 11.2 Å². The molecule has 4 atom stereocenters. The maximum atomic E-state index is 12.9. The highest BCUT2D eigenvalue weighted by Crippen LogP contribution is 2.50. The molecule has 26 heavy (non-hydrogen) atoms. The zero-order valence-corrected chi connectivity index (χ0v) is 15.1. The van der Waals surface area contributed by atoms with Crippen LogP contribution in [0.1, 0.15) is 37.4 Å². The molecule has 6 heteroatoms. The second kappa shape index (κ2) is 6.58. The van der Waals surface area contributed by atoms with Gasteiger partial charge >= 0.3 is 5.97 Å². The van der Waals surface area contributed by atoms with Crippen LogP contribution < -0.4 is 5.32 Å². The molecule has 2 fully saturated rings. The van der Waals surface area contributed by atoms with Crippen molar-refractivity contribution in [2.45, 2.75) is 31.8 Å². The van der Waals surface area contributed by atoms with Gasteiger partial charge in [0.15, 0.2) is 0 Å². The monoisotopic (exact) mass is 354 g/mol. The van der Waals surface area contributed by atoms with Crippen molar-refractivity contribution in [2.24, 2.45) is 11.8 Å². The number of likely N-dealkylation sites (tertiary alicyclic amines) is 1. The Balaban J connectivity index is 2.12. The summed E-state index contributed by atoms with van der Waals surface area (Å²) in [6.45, 7) is 3.86. The van der Waals surface area contributed by atoms with Gasteiger partial charge < -0.3 is 4.74 Å². The maximum Gasteiger partial charge on any atom is 0.326 e. The molecule has 3 rings (SSSR count). The number of imide groups is 1. The fraction of sp³-hybridized carbons (Fsp3) is 0.450. The summed E-state index contributed by atoms with van der Waals surface area (Å²) in [6.07, 6.45) is 5.75. The Labute approximate surface area is 152 Å². The lowest BCUT2D eigenvalue weighted by Crippen LogP contribution is -2.55. The molecule has 2 aliphatic rings. The summed E-state index contributed by atoms with van der Waals surface area (Å²) in [6, 6.07) is 6.78. The van der Waals surface area contributed by atoms with Gasteiger partial charge in [0.1, 0.15) is 5.54 Å². The lowest BCUT2D eigenvalue weighted by Gasteiger charge is -2.31. The first-order chi connectivity index (χ1) is 12.4. The molecule has 0 bridgehead atoms. The minimum Gasteiger partial charge on any atom is -0.468 e. The van der Waals surface area contributed by atoms with E-state index in [0.29, 0.717) is 6.42 Å². The first-order valence-corrected chi connectivity index (χ1v) is 8.73. The normalized spacial score (nSPS) is 30.2. The van der Waals surface area contributed by atoms with Crippen molar-refractivity contribution < 1.29 is 19.1 Å². The van der Waals surface area contributed by atoms with Gasteiger partial charge in [0.2, 0.25) is 11.8 Å². The number of terminal acetylenes is 1. The molecular weight excluding hydrogens is 332 g/mol. The van der Waals surface area contributed by atoms with Gasteiger partial charge in [-0.1, -0.05) is 25.0 Å². The average Bonchev–Trinajstić information content (AvgIpc) is 3.15. The number of methoxy groups -OCH3 is 1. The highest BCUT2D eigenvalue weighted by atomic mass is 16.5. The average molecular weight is 354 g/mol. The largest absolute Gasteiger partial charge is 0.468 e. The minimum atomic E-state index is -1.22. The van der Waals surface area contributed by atoms with Gasteiger partial charge in [-0.3, -0.25) is 24.6 Å². The second-order valence-corrected chi connectivity index (χ2v) is 6.63. The number of nitrogens with zero attached hydrogens (tertiary/aromatic N) is 1. The molecular formula is C20H22N2O4. The van der Waals surface area contributed by atoms with Crippen LogP contribution in [0.5, 0.6) is 0 Å². The number of benzene rings is 1. The second-order valence-electron chi connectivity index (χ2n) is 6.63. The van der Waals surface area contributed by atoms with Crippen LogP contribution in [0, 0.1) is 24.2 Å². The van der Waals surface area contributed by atoms with Gasteiger partial charge in [-0.2, -0.15) is 0 Å². The highest BCUT2D eigenvalue weighted by molar-refractivity contribution is 6.09. The Hall–Kier alpha value is -2.65. The van der Waals surface area contributed by atoms with Crippen molar-refractivity contribution in [1.82, 2.24) is 10.2 Å². The van der Waals surface area contributed by atoms with Crippen molar-refractivity contribution in [3.63, 3.8) is 0 Å². The molecule has 6 nitrogen and oxygen atoms in total. The molecule has 0 aromatic heterocycles. The number of esters is 1.